The molecular formula is C15H20N2OS. The molecule has 2 N–H and O–H groups in total. The molecule has 0 radical (unpaired) electrons. The summed E-state index contributed by atoms with van der Waals surface area (Å²) in [5.41, 5.74) is 8.12. The number of aryl methyl sites for hydroxylation is 2. The molecule has 1 aromatic carbocycles. The smallest absolute Gasteiger partial charge is 0.140 e. The van der Waals surface area contributed by atoms with Crippen LogP contribution < -0.4 is 10.5 Å². The molecule has 1 heterocycles. The third-order valence-corrected chi connectivity index (χ3v) is 3.97. The number of benzene rings is 1. The first kappa shape index (κ1) is 14.0. The number of hydrogen-bond acceptors (Lipinski definition) is 4. The quantitative estimate of drug-likeness (QED) is 0.879. The third kappa shape index (κ3) is 3.78. The van der Waals surface area contributed by atoms with E-state index in [1.807, 2.05) is 24.3 Å². The Hall–Kier alpha value is -1.39. The van der Waals surface area contributed by atoms with Gasteiger partial charge in [-0.05, 0) is 25.5 Å². The first-order chi connectivity index (χ1) is 9.22. The number of hydrogen-bond donors (Lipinski definition) is 1. The van der Waals surface area contributed by atoms with Gasteiger partial charge in [0.25, 0.3) is 0 Å². The molecule has 0 aliphatic heterocycles. The second-order valence-corrected chi connectivity index (χ2v) is 5.70. The molecule has 0 fully saturated rings. The third-order valence-electron chi connectivity index (χ3n) is 2.88. The number of nitrogens with two attached hydrogens (primary N) is 1. The van der Waals surface area contributed by atoms with Gasteiger partial charge in [0.2, 0.25) is 0 Å². The molecule has 1 aromatic heterocycles. The Balaban J connectivity index is 2.01. The Kier molecular flexibility index (Phi) is 4.93. The van der Waals surface area contributed by atoms with Crippen LogP contribution in [0.25, 0.3) is 0 Å². The van der Waals surface area contributed by atoms with E-state index in [2.05, 4.69) is 18.8 Å². The Morgan fingerprint density at radius 3 is 2.63 bits per heavy atom. The highest BCUT2D eigenvalue weighted by molar-refractivity contribution is 7.11. The maximum atomic E-state index is 5.75. The second kappa shape index (κ2) is 6.68. The van der Waals surface area contributed by atoms with Crippen molar-refractivity contribution < 1.29 is 4.74 Å². The molecule has 4 heteroatoms. The molecule has 0 unspecified atom stereocenters. The Morgan fingerprint density at radius 1 is 1.26 bits per heavy atom. The van der Waals surface area contributed by atoms with Crippen molar-refractivity contribution in [3.8, 4) is 5.75 Å². The standard InChI is InChI=1S/C15H20N2OS/c1-3-4-13-14(9-16)19-15(17-13)10-18-12-7-5-11(2)6-8-12/h5-8H,3-4,9-10,16H2,1-2H3. The Labute approximate surface area is 118 Å². The largest absolute Gasteiger partial charge is 0.486 e. The average Bonchev–Trinajstić information content (AvgIpc) is 2.81. The first-order valence-corrected chi connectivity index (χ1v) is 7.41. The van der Waals surface area contributed by atoms with Crippen molar-refractivity contribution in [2.45, 2.75) is 39.8 Å². The van der Waals surface area contributed by atoms with E-state index in [1.165, 1.54) is 10.4 Å². The molecule has 0 atom stereocenters. The fourth-order valence-corrected chi connectivity index (χ4v) is 2.78. The van der Waals surface area contributed by atoms with Gasteiger partial charge in [0, 0.05) is 11.4 Å². The number of thiazole rings is 1. The lowest BCUT2D eigenvalue weighted by molar-refractivity contribution is 0.305. The van der Waals surface area contributed by atoms with Crippen molar-refractivity contribution in [1.29, 1.82) is 0 Å². The summed E-state index contributed by atoms with van der Waals surface area (Å²) in [6.45, 7) is 5.30. The van der Waals surface area contributed by atoms with E-state index >= 15 is 0 Å². The van der Waals surface area contributed by atoms with Gasteiger partial charge in [0.15, 0.2) is 0 Å². The van der Waals surface area contributed by atoms with E-state index in [9.17, 15) is 0 Å². The lowest BCUT2D eigenvalue weighted by Crippen LogP contribution is -1.98. The van der Waals surface area contributed by atoms with E-state index in [0.717, 1.165) is 29.3 Å². The number of nitrogens with zero attached hydrogens (tertiary/aromatic N) is 1. The SMILES string of the molecule is CCCc1nc(COc2ccc(C)cc2)sc1CN. The van der Waals surface area contributed by atoms with Gasteiger partial charge in [-0.25, -0.2) is 4.98 Å². The fraction of sp³-hybridized carbons (Fsp3) is 0.400. The van der Waals surface area contributed by atoms with Crippen LogP contribution >= 0.6 is 11.3 Å². The summed E-state index contributed by atoms with van der Waals surface area (Å²) in [7, 11) is 0. The summed E-state index contributed by atoms with van der Waals surface area (Å²) >= 11 is 1.66. The van der Waals surface area contributed by atoms with Gasteiger partial charge < -0.3 is 10.5 Å². The maximum Gasteiger partial charge on any atom is 0.140 e. The van der Waals surface area contributed by atoms with Crippen LogP contribution in [-0.4, -0.2) is 4.98 Å². The molecule has 3 nitrogen and oxygen atoms in total. The second-order valence-electron chi connectivity index (χ2n) is 4.53. The van der Waals surface area contributed by atoms with Crippen LogP contribution in [-0.2, 0) is 19.6 Å². The molecule has 0 aliphatic carbocycles. The normalized spacial score (nSPS) is 10.7. The van der Waals surface area contributed by atoms with E-state index < -0.39 is 0 Å². The minimum Gasteiger partial charge on any atom is -0.486 e. The van der Waals surface area contributed by atoms with Crippen LogP contribution in [0.2, 0.25) is 0 Å². The fourth-order valence-electron chi connectivity index (χ4n) is 1.87. The molecule has 0 spiro atoms. The monoisotopic (exact) mass is 276 g/mol. The minimum absolute atomic E-state index is 0.518. The van der Waals surface area contributed by atoms with Crippen LogP contribution in [0.5, 0.6) is 5.75 Å². The molecule has 0 aliphatic rings. The van der Waals surface area contributed by atoms with Crippen LogP contribution in [0.3, 0.4) is 0 Å². The molecule has 0 saturated heterocycles. The van der Waals surface area contributed by atoms with Crippen LogP contribution in [0.4, 0.5) is 0 Å². The van der Waals surface area contributed by atoms with Gasteiger partial charge in [-0.15, -0.1) is 11.3 Å². The van der Waals surface area contributed by atoms with Crippen molar-refractivity contribution in [2.75, 3.05) is 0 Å². The van der Waals surface area contributed by atoms with Crippen LogP contribution in [0.1, 0.15) is 34.5 Å². The average molecular weight is 276 g/mol. The van der Waals surface area contributed by atoms with Crippen molar-refractivity contribution in [3.05, 3.63) is 45.4 Å². The van der Waals surface area contributed by atoms with Crippen molar-refractivity contribution >= 4 is 11.3 Å². The van der Waals surface area contributed by atoms with E-state index in [0.29, 0.717) is 13.2 Å². The molecule has 2 aromatic rings. The van der Waals surface area contributed by atoms with E-state index in [1.54, 1.807) is 11.3 Å². The predicted molar refractivity (Wildman–Crippen MR) is 79.5 cm³/mol. The molecule has 0 saturated carbocycles. The minimum atomic E-state index is 0.518. The topological polar surface area (TPSA) is 48.1 Å². The highest BCUT2D eigenvalue weighted by atomic mass is 32.1. The molecule has 0 bridgehead atoms. The number of rotatable bonds is 6. The Bertz CT molecular complexity index is 519. The van der Waals surface area contributed by atoms with Crippen LogP contribution in [0.15, 0.2) is 24.3 Å². The van der Waals surface area contributed by atoms with Crippen molar-refractivity contribution in [3.63, 3.8) is 0 Å². The molecule has 2 rings (SSSR count). The van der Waals surface area contributed by atoms with Gasteiger partial charge in [0.05, 0.1) is 5.69 Å². The summed E-state index contributed by atoms with van der Waals surface area (Å²) in [5, 5.41) is 1.00. The maximum absolute atomic E-state index is 5.75. The number of aromatic nitrogens is 1. The van der Waals surface area contributed by atoms with E-state index in [-0.39, 0.29) is 0 Å². The summed E-state index contributed by atoms with van der Waals surface area (Å²) in [4.78, 5) is 5.80. The van der Waals surface area contributed by atoms with Gasteiger partial charge >= 0.3 is 0 Å². The van der Waals surface area contributed by atoms with Crippen molar-refractivity contribution in [1.82, 2.24) is 4.98 Å². The molecule has 19 heavy (non-hydrogen) atoms. The zero-order chi connectivity index (χ0) is 13.7. The highest BCUT2D eigenvalue weighted by Gasteiger charge is 2.09. The molecular weight excluding hydrogens is 256 g/mol. The van der Waals surface area contributed by atoms with Gasteiger partial charge in [-0.1, -0.05) is 31.0 Å². The zero-order valence-electron chi connectivity index (χ0n) is 11.5. The van der Waals surface area contributed by atoms with Gasteiger partial charge in [-0.2, -0.15) is 0 Å². The summed E-state index contributed by atoms with van der Waals surface area (Å²) in [6.07, 6.45) is 2.09. The first-order valence-electron chi connectivity index (χ1n) is 6.60. The van der Waals surface area contributed by atoms with E-state index in [4.69, 9.17) is 10.5 Å². The molecule has 0 amide bonds. The lowest BCUT2D eigenvalue weighted by atomic mass is 10.2. The van der Waals surface area contributed by atoms with Crippen molar-refractivity contribution in [2.24, 2.45) is 5.73 Å². The Morgan fingerprint density at radius 2 is 2.00 bits per heavy atom. The van der Waals surface area contributed by atoms with Gasteiger partial charge in [0.1, 0.15) is 17.4 Å². The molecule has 102 valence electrons. The highest BCUT2D eigenvalue weighted by Crippen LogP contribution is 2.21. The van der Waals surface area contributed by atoms with Crippen LogP contribution in [0, 0.1) is 6.92 Å². The summed E-state index contributed by atoms with van der Waals surface area (Å²) < 4.78 is 5.75. The predicted octanol–water partition coefficient (Wildman–Crippen LogP) is 3.44. The zero-order valence-corrected chi connectivity index (χ0v) is 12.3. The van der Waals surface area contributed by atoms with Gasteiger partial charge in [-0.3, -0.25) is 0 Å². The number of ether oxygens (including phenoxy) is 1. The summed E-state index contributed by atoms with van der Waals surface area (Å²) in [5.74, 6) is 0.882. The lowest BCUT2D eigenvalue weighted by Gasteiger charge is -2.03. The summed E-state index contributed by atoms with van der Waals surface area (Å²) in [6, 6.07) is 8.06.